The van der Waals surface area contributed by atoms with Gasteiger partial charge in [0.25, 0.3) is 17.5 Å². The molecule has 3 amide bonds. The lowest BCUT2D eigenvalue weighted by molar-refractivity contribution is -0.246. The van der Waals surface area contributed by atoms with Crippen LogP contribution in [0.2, 0.25) is 0 Å². The number of hydrogen-bond acceptors (Lipinski definition) is 13. The molecule has 0 saturated carbocycles. The summed E-state index contributed by atoms with van der Waals surface area (Å²) in [7, 11) is 3.81. The summed E-state index contributed by atoms with van der Waals surface area (Å²) in [5.74, 6) is -2.05. The van der Waals surface area contributed by atoms with Gasteiger partial charge in [0.1, 0.15) is 18.5 Å². The molecule has 1 fully saturated rings. The second-order valence-corrected chi connectivity index (χ2v) is 13.4. The van der Waals surface area contributed by atoms with Gasteiger partial charge in [0.05, 0.1) is 24.8 Å². The highest BCUT2D eigenvalue weighted by Crippen LogP contribution is 2.30. The highest BCUT2D eigenvalue weighted by Gasteiger charge is 2.55. The predicted molar refractivity (Wildman–Crippen MR) is 209 cm³/mol. The van der Waals surface area contributed by atoms with Gasteiger partial charge in [-0.25, -0.2) is 9.78 Å². The van der Waals surface area contributed by atoms with Crippen molar-refractivity contribution in [3.8, 4) is 0 Å². The number of aromatic nitrogens is 1. The van der Waals surface area contributed by atoms with E-state index in [2.05, 4.69) is 10.3 Å². The lowest BCUT2D eigenvalue weighted by Gasteiger charge is -2.38. The van der Waals surface area contributed by atoms with Gasteiger partial charge in [0, 0.05) is 46.5 Å². The number of ether oxygens (including phenoxy) is 5. The first kappa shape index (κ1) is 47.7. The van der Waals surface area contributed by atoms with Crippen LogP contribution < -0.4 is 5.32 Å². The summed E-state index contributed by atoms with van der Waals surface area (Å²) in [6, 6.07) is -1.20. The van der Waals surface area contributed by atoms with Crippen molar-refractivity contribution in [2.45, 2.75) is 78.4 Å². The largest absolute Gasteiger partial charge is 0.467 e. The summed E-state index contributed by atoms with van der Waals surface area (Å²) in [4.78, 5) is 69.4. The fraction of sp³-hybridized carbons (Fsp3) is 0.463. The van der Waals surface area contributed by atoms with Crippen molar-refractivity contribution in [1.82, 2.24) is 20.3 Å². The third-order valence-corrected chi connectivity index (χ3v) is 8.77. The Hall–Kier alpha value is -5.42. The molecule has 1 aliphatic rings. The van der Waals surface area contributed by atoms with Gasteiger partial charge in [-0.15, -0.1) is 0 Å². The fourth-order valence-electron chi connectivity index (χ4n) is 5.45. The second-order valence-electron chi connectivity index (χ2n) is 13.4. The number of allylic oxidation sites excluding steroid dienone is 11. The molecule has 312 valence electrons. The van der Waals surface area contributed by atoms with Crippen molar-refractivity contribution in [2.75, 3.05) is 41.2 Å². The molecule has 57 heavy (non-hydrogen) atoms. The fourth-order valence-corrected chi connectivity index (χ4v) is 5.45. The molecule has 1 aliphatic heterocycles. The Labute approximate surface area is 334 Å². The number of methoxy groups -OCH3 is 2. The van der Waals surface area contributed by atoms with E-state index < -0.39 is 59.7 Å². The van der Waals surface area contributed by atoms with Crippen LogP contribution in [-0.2, 0) is 54.1 Å². The van der Waals surface area contributed by atoms with Crippen LogP contribution in [0.1, 0.15) is 52.7 Å². The molecule has 2 rings (SSSR count). The van der Waals surface area contributed by atoms with Crippen LogP contribution in [0.25, 0.3) is 0 Å². The van der Waals surface area contributed by atoms with E-state index in [1.165, 1.54) is 26.3 Å². The molecule has 0 spiro atoms. The number of carbonyl (C=O) groups excluding carboxylic acids is 5. The second kappa shape index (κ2) is 23.6. The highest BCUT2D eigenvalue weighted by molar-refractivity contribution is 5.95. The number of rotatable bonds is 21. The normalized spacial score (nSPS) is 18.2. The van der Waals surface area contributed by atoms with Gasteiger partial charge in [0.2, 0.25) is 5.91 Å². The maximum Gasteiger partial charge on any atom is 0.331 e. The molecule has 16 heteroatoms. The van der Waals surface area contributed by atoms with Crippen LogP contribution in [0.3, 0.4) is 0 Å². The standard InChI is InChI=1S/C41H56N4O12/c1-10-34(47)57-36(29(2)22-18-15-16-19-23-32-26-43-31(4)56-32)40(5,6)38(49)42-25-21-17-13-11-12-14-20-24-33(46)45(51)41(27-54-28-55-41)39(50)44(7)35(30(3)52-8)37(48)53-9/h11-22,24,26,30,35-36,51H,10,23,25,27-28H2,1-9H3,(H,42,49). The van der Waals surface area contributed by atoms with Crippen LogP contribution in [-0.4, -0.2) is 115 Å². The smallest absolute Gasteiger partial charge is 0.331 e. The van der Waals surface area contributed by atoms with Gasteiger partial charge in [-0.1, -0.05) is 79.8 Å². The van der Waals surface area contributed by atoms with E-state index in [1.807, 2.05) is 24.3 Å². The number of hydroxylamine groups is 2. The Morgan fingerprint density at radius 3 is 2.28 bits per heavy atom. The SMILES string of the molecule is CCC(=O)OC(C(C)=CC=CC=CCc1cnc(C)o1)C(C)(C)C(=O)NCC=CC=CC=CC=CC(=O)N(O)C1(C(=O)N(C)C(C(=O)OC)C(C)OC)COCO1. The zero-order valence-corrected chi connectivity index (χ0v) is 34.1. The van der Waals surface area contributed by atoms with Gasteiger partial charge < -0.3 is 38.3 Å². The average molecular weight is 797 g/mol. The number of aryl methyl sites for hydroxylation is 1. The number of carbonyl (C=O) groups is 5. The molecule has 2 heterocycles. The van der Waals surface area contributed by atoms with E-state index in [0.29, 0.717) is 17.9 Å². The van der Waals surface area contributed by atoms with Gasteiger partial charge in [-0.05, 0) is 33.3 Å². The maximum absolute atomic E-state index is 13.5. The quantitative estimate of drug-likeness (QED) is 0.0591. The van der Waals surface area contributed by atoms with Crippen molar-refractivity contribution >= 4 is 29.7 Å². The molecule has 16 nitrogen and oxygen atoms in total. The average Bonchev–Trinajstić information content (AvgIpc) is 3.87. The summed E-state index contributed by atoms with van der Waals surface area (Å²) >= 11 is 0. The highest BCUT2D eigenvalue weighted by atomic mass is 16.8. The van der Waals surface area contributed by atoms with E-state index in [4.69, 9.17) is 28.1 Å². The topological polar surface area (TPSA) is 196 Å². The first-order valence-corrected chi connectivity index (χ1v) is 18.3. The summed E-state index contributed by atoms with van der Waals surface area (Å²) in [5, 5.41) is 13.8. The number of esters is 2. The van der Waals surface area contributed by atoms with Crippen LogP contribution in [0, 0.1) is 12.3 Å². The monoisotopic (exact) mass is 796 g/mol. The molecule has 1 aromatic rings. The van der Waals surface area contributed by atoms with E-state index in [-0.39, 0.29) is 30.7 Å². The zero-order valence-electron chi connectivity index (χ0n) is 34.1. The van der Waals surface area contributed by atoms with Crippen molar-refractivity contribution in [2.24, 2.45) is 5.41 Å². The molecule has 1 saturated heterocycles. The molecule has 2 N–H and O–H groups in total. The molecule has 0 aromatic carbocycles. The number of likely N-dealkylation sites (N-methyl/N-ethyl adjacent to an activating group) is 1. The van der Waals surface area contributed by atoms with E-state index in [9.17, 15) is 29.2 Å². The van der Waals surface area contributed by atoms with E-state index in [0.717, 1.165) is 23.8 Å². The molecular weight excluding hydrogens is 740 g/mol. The van der Waals surface area contributed by atoms with E-state index >= 15 is 0 Å². The Balaban J connectivity index is 1.96. The minimum absolute atomic E-state index is 0.122. The van der Waals surface area contributed by atoms with Crippen molar-refractivity contribution in [3.05, 3.63) is 102 Å². The van der Waals surface area contributed by atoms with E-state index in [1.54, 1.807) is 84.2 Å². The van der Waals surface area contributed by atoms with Gasteiger partial charge in [-0.2, -0.15) is 5.06 Å². The molecule has 1 aromatic heterocycles. The van der Waals surface area contributed by atoms with Crippen LogP contribution in [0.4, 0.5) is 0 Å². The number of hydrogen-bond donors (Lipinski definition) is 2. The first-order chi connectivity index (χ1) is 27.1. The van der Waals surface area contributed by atoms with Crippen molar-refractivity contribution in [1.29, 1.82) is 0 Å². The minimum atomic E-state index is -2.25. The summed E-state index contributed by atoms with van der Waals surface area (Å²) in [5.41, 5.74) is -2.64. The van der Waals surface area contributed by atoms with Gasteiger partial charge in [0.15, 0.2) is 18.7 Å². The van der Waals surface area contributed by atoms with Crippen molar-refractivity contribution < 1.29 is 57.3 Å². The molecular formula is C41H56N4O12. The van der Waals surface area contributed by atoms with Crippen molar-refractivity contribution in [3.63, 3.8) is 0 Å². The minimum Gasteiger partial charge on any atom is -0.467 e. The molecule has 0 bridgehead atoms. The van der Waals surface area contributed by atoms with Crippen LogP contribution >= 0.6 is 0 Å². The summed E-state index contributed by atoms with van der Waals surface area (Å²) in [6.07, 6.45) is 22.4. The molecule has 4 unspecified atom stereocenters. The number of nitrogens with one attached hydrogen (secondary N) is 1. The van der Waals surface area contributed by atoms with Gasteiger partial charge >= 0.3 is 11.9 Å². The Bertz CT molecular complexity index is 1730. The summed E-state index contributed by atoms with van der Waals surface area (Å²) < 4.78 is 31.8. The Morgan fingerprint density at radius 2 is 1.68 bits per heavy atom. The lowest BCUT2D eigenvalue weighted by Crippen LogP contribution is -2.64. The Kier molecular flexibility index (Phi) is 19.8. The maximum atomic E-state index is 13.5. The molecule has 0 radical (unpaired) electrons. The van der Waals surface area contributed by atoms with Crippen LogP contribution in [0.5, 0.6) is 0 Å². The Morgan fingerprint density at radius 1 is 1.04 bits per heavy atom. The van der Waals surface area contributed by atoms with Gasteiger partial charge in [-0.3, -0.25) is 24.4 Å². The predicted octanol–water partition coefficient (Wildman–Crippen LogP) is 4.23. The number of amides is 3. The molecule has 0 aliphatic carbocycles. The molecule has 4 atom stereocenters. The first-order valence-electron chi connectivity index (χ1n) is 18.3. The number of nitrogens with zero attached hydrogens (tertiary/aromatic N) is 3. The zero-order chi connectivity index (χ0) is 42.6. The lowest BCUT2D eigenvalue weighted by atomic mass is 9.81. The van der Waals surface area contributed by atoms with Crippen LogP contribution in [0.15, 0.2) is 95.2 Å². The summed E-state index contributed by atoms with van der Waals surface area (Å²) in [6.45, 7) is 9.60. The third kappa shape index (κ3) is 13.9. The number of oxazole rings is 1. The third-order valence-electron chi connectivity index (χ3n) is 8.77.